The Balaban J connectivity index is 2.15. The van der Waals surface area contributed by atoms with Gasteiger partial charge in [-0.25, -0.2) is 5.43 Å². The van der Waals surface area contributed by atoms with E-state index >= 15 is 0 Å². The fourth-order valence-corrected chi connectivity index (χ4v) is 2.37. The normalized spacial score (nSPS) is 10.6. The Morgan fingerprint density at radius 2 is 1.82 bits per heavy atom. The molecule has 0 saturated carbocycles. The summed E-state index contributed by atoms with van der Waals surface area (Å²) in [5.74, 6) is 0.195. The number of hydrogen-bond donors (Lipinski definition) is 2. The molecule has 28 heavy (non-hydrogen) atoms. The van der Waals surface area contributed by atoms with E-state index in [2.05, 4.69) is 10.5 Å². The van der Waals surface area contributed by atoms with Crippen molar-refractivity contribution in [3.8, 4) is 17.2 Å². The minimum absolute atomic E-state index is 0.0688. The lowest BCUT2D eigenvalue weighted by molar-refractivity contribution is -0.385. The van der Waals surface area contributed by atoms with E-state index in [1.807, 2.05) is 0 Å². The minimum atomic E-state index is -0.554. The predicted octanol–water partition coefficient (Wildman–Crippen LogP) is 2.79. The number of amides is 1. The van der Waals surface area contributed by atoms with Crippen LogP contribution < -0.4 is 14.9 Å². The molecule has 0 aliphatic rings. The van der Waals surface area contributed by atoms with Gasteiger partial charge in [-0.2, -0.15) is 5.10 Å². The highest BCUT2D eigenvalue weighted by molar-refractivity contribution is 5.87. The molecule has 0 aromatic heterocycles. The summed E-state index contributed by atoms with van der Waals surface area (Å²) in [6, 6.07) is 8.94. The molecule has 9 heteroatoms. The Morgan fingerprint density at radius 3 is 2.43 bits per heavy atom. The second kappa shape index (κ2) is 9.91. The van der Waals surface area contributed by atoms with Crippen LogP contribution in [0.5, 0.6) is 17.2 Å². The first-order valence-corrected chi connectivity index (χ1v) is 8.62. The van der Waals surface area contributed by atoms with Gasteiger partial charge in [-0.05, 0) is 31.5 Å². The number of ether oxygens (including phenoxy) is 2. The third-order valence-corrected chi connectivity index (χ3v) is 3.58. The lowest BCUT2D eigenvalue weighted by atomic mass is 10.1. The number of hydrogen-bond acceptors (Lipinski definition) is 7. The van der Waals surface area contributed by atoms with Gasteiger partial charge in [0.25, 0.3) is 0 Å². The molecule has 1 amide bonds. The zero-order chi connectivity index (χ0) is 20.5. The first-order chi connectivity index (χ1) is 13.4. The number of benzene rings is 2. The molecule has 148 valence electrons. The topological polar surface area (TPSA) is 123 Å². The van der Waals surface area contributed by atoms with Gasteiger partial charge in [0.2, 0.25) is 11.7 Å². The molecule has 2 aromatic rings. The monoisotopic (exact) mass is 387 g/mol. The van der Waals surface area contributed by atoms with Gasteiger partial charge in [0.15, 0.2) is 0 Å². The average Bonchev–Trinajstić information content (AvgIpc) is 2.65. The number of nitro groups is 1. The SMILES string of the molecule is CCOc1cc(OCC)c([N+](=O)[O-])cc1/C=N\NC(=O)Cc1ccc(O)cc1. The predicted molar refractivity (Wildman–Crippen MR) is 103 cm³/mol. The Labute approximate surface area is 161 Å². The summed E-state index contributed by atoms with van der Waals surface area (Å²) in [4.78, 5) is 22.7. The summed E-state index contributed by atoms with van der Waals surface area (Å²) < 4.78 is 10.8. The second-order valence-corrected chi connectivity index (χ2v) is 5.62. The van der Waals surface area contributed by atoms with Crippen LogP contribution in [0.3, 0.4) is 0 Å². The fourth-order valence-electron chi connectivity index (χ4n) is 2.37. The fraction of sp³-hybridized carbons (Fsp3) is 0.263. The van der Waals surface area contributed by atoms with Crippen LogP contribution in [0.1, 0.15) is 25.0 Å². The summed E-state index contributed by atoms with van der Waals surface area (Å²) in [5, 5.41) is 24.4. The first kappa shape index (κ1) is 20.7. The van der Waals surface area contributed by atoms with Gasteiger partial charge in [-0.1, -0.05) is 12.1 Å². The number of nitrogens with one attached hydrogen (secondary N) is 1. The van der Waals surface area contributed by atoms with E-state index in [4.69, 9.17) is 9.47 Å². The molecule has 2 aromatic carbocycles. The maximum absolute atomic E-state index is 12.0. The molecule has 0 radical (unpaired) electrons. The molecular weight excluding hydrogens is 366 g/mol. The van der Waals surface area contributed by atoms with Crippen LogP contribution in [0, 0.1) is 10.1 Å². The number of phenols is 1. The highest BCUT2D eigenvalue weighted by Gasteiger charge is 2.19. The van der Waals surface area contributed by atoms with E-state index in [-0.39, 0.29) is 36.1 Å². The number of rotatable bonds is 9. The van der Waals surface area contributed by atoms with Crippen LogP contribution in [-0.4, -0.2) is 35.4 Å². The summed E-state index contributed by atoms with van der Waals surface area (Å²) in [5.41, 5.74) is 3.18. The van der Waals surface area contributed by atoms with Crippen molar-refractivity contribution in [2.75, 3.05) is 13.2 Å². The van der Waals surface area contributed by atoms with Crippen molar-refractivity contribution in [2.45, 2.75) is 20.3 Å². The number of nitro benzene ring substituents is 1. The molecule has 0 heterocycles. The lowest BCUT2D eigenvalue weighted by Crippen LogP contribution is -2.19. The van der Waals surface area contributed by atoms with E-state index in [1.54, 1.807) is 26.0 Å². The molecule has 0 saturated heterocycles. The van der Waals surface area contributed by atoms with E-state index in [9.17, 15) is 20.0 Å². The molecule has 0 bridgehead atoms. The van der Waals surface area contributed by atoms with Crippen LogP contribution in [-0.2, 0) is 11.2 Å². The van der Waals surface area contributed by atoms with Crippen LogP contribution in [0.4, 0.5) is 5.69 Å². The number of carbonyl (C=O) groups excluding carboxylic acids is 1. The van der Waals surface area contributed by atoms with Gasteiger partial charge in [0.1, 0.15) is 11.5 Å². The standard InChI is InChI=1S/C19H21N3O6/c1-3-27-17-11-18(28-4-2)16(22(25)26)10-14(17)12-20-21-19(24)9-13-5-7-15(23)8-6-13/h5-8,10-12,23H,3-4,9H2,1-2H3,(H,21,24)/b20-12-. The third kappa shape index (κ3) is 5.70. The highest BCUT2D eigenvalue weighted by Crippen LogP contribution is 2.34. The molecule has 2 rings (SSSR count). The lowest BCUT2D eigenvalue weighted by Gasteiger charge is -2.10. The maximum atomic E-state index is 12.0. The van der Waals surface area contributed by atoms with Crippen LogP contribution in [0.25, 0.3) is 0 Å². The van der Waals surface area contributed by atoms with Crippen molar-refractivity contribution in [2.24, 2.45) is 5.10 Å². The quantitative estimate of drug-likeness (QED) is 0.387. The smallest absolute Gasteiger partial charge is 0.311 e. The largest absolute Gasteiger partial charge is 0.508 e. The number of aromatic hydroxyl groups is 1. The van der Waals surface area contributed by atoms with Crippen molar-refractivity contribution in [1.29, 1.82) is 0 Å². The molecule has 2 N–H and O–H groups in total. The number of carbonyl (C=O) groups is 1. The van der Waals surface area contributed by atoms with Crippen LogP contribution in [0.15, 0.2) is 41.5 Å². The maximum Gasteiger partial charge on any atom is 0.311 e. The molecular formula is C19H21N3O6. The molecule has 9 nitrogen and oxygen atoms in total. The van der Waals surface area contributed by atoms with Gasteiger partial charge in [-0.15, -0.1) is 0 Å². The van der Waals surface area contributed by atoms with Crippen LogP contribution in [0.2, 0.25) is 0 Å². The van der Waals surface area contributed by atoms with Gasteiger partial charge in [0, 0.05) is 17.7 Å². The number of phenolic OH excluding ortho intramolecular Hbond substituents is 1. The molecule has 0 spiro atoms. The molecule has 0 aliphatic heterocycles. The van der Waals surface area contributed by atoms with E-state index in [0.29, 0.717) is 23.5 Å². The number of hydrazone groups is 1. The summed E-state index contributed by atoms with van der Waals surface area (Å²) in [6.45, 7) is 4.12. The molecule has 0 atom stereocenters. The third-order valence-electron chi connectivity index (χ3n) is 3.58. The number of nitrogens with zero attached hydrogens (tertiary/aromatic N) is 2. The minimum Gasteiger partial charge on any atom is -0.508 e. The van der Waals surface area contributed by atoms with Gasteiger partial charge in [-0.3, -0.25) is 14.9 Å². The van der Waals surface area contributed by atoms with Crippen LogP contribution >= 0.6 is 0 Å². The summed E-state index contributed by atoms with van der Waals surface area (Å²) >= 11 is 0. The average molecular weight is 387 g/mol. The van der Waals surface area contributed by atoms with E-state index < -0.39 is 4.92 Å². The van der Waals surface area contributed by atoms with Crippen molar-refractivity contribution in [3.05, 3.63) is 57.6 Å². The zero-order valence-electron chi connectivity index (χ0n) is 15.5. The van der Waals surface area contributed by atoms with Gasteiger partial charge in [0.05, 0.1) is 30.8 Å². The Kier molecular flexibility index (Phi) is 7.32. The van der Waals surface area contributed by atoms with Gasteiger partial charge < -0.3 is 14.6 Å². The Morgan fingerprint density at radius 1 is 1.18 bits per heavy atom. The first-order valence-electron chi connectivity index (χ1n) is 8.62. The molecule has 0 aliphatic carbocycles. The van der Waals surface area contributed by atoms with Crippen molar-refractivity contribution in [1.82, 2.24) is 5.43 Å². The Bertz CT molecular complexity index is 865. The summed E-state index contributed by atoms with van der Waals surface area (Å²) in [6.07, 6.45) is 1.35. The second-order valence-electron chi connectivity index (χ2n) is 5.62. The van der Waals surface area contributed by atoms with Gasteiger partial charge >= 0.3 is 5.69 Å². The summed E-state index contributed by atoms with van der Waals surface area (Å²) in [7, 11) is 0. The van der Waals surface area contributed by atoms with Crippen molar-refractivity contribution in [3.63, 3.8) is 0 Å². The highest BCUT2D eigenvalue weighted by atomic mass is 16.6. The van der Waals surface area contributed by atoms with Crippen molar-refractivity contribution >= 4 is 17.8 Å². The molecule has 0 fully saturated rings. The zero-order valence-corrected chi connectivity index (χ0v) is 15.5. The van der Waals surface area contributed by atoms with E-state index in [0.717, 1.165) is 0 Å². The van der Waals surface area contributed by atoms with Crippen molar-refractivity contribution < 1.29 is 24.3 Å². The Hall–Kier alpha value is -3.62. The molecule has 0 unspecified atom stereocenters. The van der Waals surface area contributed by atoms with E-state index in [1.165, 1.54) is 30.5 Å².